The normalized spacial score (nSPS) is 11.0. The van der Waals surface area contributed by atoms with Crippen LogP contribution < -0.4 is 15.0 Å². The molecule has 0 radical (unpaired) electrons. The van der Waals surface area contributed by atoms with Crippen molar-refractivity contribution in [3.05, 3.63) is 48.2 Å². The summed E-state index contributed by atoms with van der Waals surface area (Å²) in [7, 11) is 3.84. The van der Waals surface area contributed by atoms with E-state index in [-0.39, 0.29) is 17.9 Å². The molecule has 1 aromatic carbocycles. The summed E-state index contributed by atoms with van der Waals surface area (Å²) in [6.07, 6.45) is 1.64. The fourth-order valence-corrected chi connectivity index (χ4v) is 2.28. The van der Waals surface area contributed by atoms with Crippen molar-refractivity contribution in [1.82, 2.24) is 4.98 Å². The van der Waals surface area contributed by atoms with E-state index < -0.39 is 0 Å². The van der Waals surface area contributed by atoms with Crippen LogP contribution in [-0.2, 0) is 10.2 Å². The number of hydrogen-bond acceptors (Lipinski definition) is 4. The first-order valence-corrected chi connectivity index (χ1v) is 7.93. The van der Waals surface area contributed by atoms with E-state index in [1.807, 2.05) is 55.4 Å². The second-order valence-corrected chi connectivity index (χ2v) is 6.88. The molecule has 0 unspecified atom stereocenters. The molecule has 1 amide bonds. The highest BCUT2D eigenvalue weighted by atomic mass is 16.5. The number of aromatic nitrogens is 1. The molecule has 0 atom stereocenters. The van der Waals surface area contributed by atoms with Crippen LogP contribution in [0.2, 0.25) is 0 Å². The van der Waals surface area contributed by atoms with Crippen LogP contribution in [0.3, 0.4) is 0 Å². The molecule has 1 N–H and O–H groups in total. The summed E-state index contributed by atoms with van der Waals surface area (Å²) >= 11 is 0. The Bertz CT molecular complexity index is 689. The molecular formula is C19H25N3O2. The average Bonchev–Trinajstić information content (AvgIpc) is 2.53. The first-order valence-electron chi connectivity index (χ1n) is 7.93. The van der Waals surface area contributed by atoms with E-state index in [0.29, 0.717) is 5.69 Å². The van der Waals surface area contributed by atoms with Crippen LogP contribution in [0.1, 0.15) is 26.3 Å². The van der Waals surface area contributed by atoms with Gasteiger partial charge in [0.25, 0.3) is 5.91 Å². The highest BCUT2D eigenvalue weighted by Gasteiger charge is 2.18. The molecule has 0 spiro atoms. The minimum atomic E-state index is -0.210. The zero-order valence-electron chi connectivity index (χ0n) is 15.0. The van der Waals surface area contributed by atoms with Crippen LogP contribution in [0, 0.1) is 0 Å². The van der Waals surface area contributed by atoms with Crippen molar-refractivity contribution < 1.29 is 9.53 Å². The third-order valence-corrected chi connectivity index (χ3v) is 3.54. The minimum Gasteiger partial charge on any atom is -0.483 e. The SMILES string of the molecule is CN(C)c1ccc(NC(=O)COc2ccccc2C(C)(C)C)cn1. The third-order valence-electron chi connectivity index (χ3n) is 3.54. The van der Waals surface area contributed by atoms with Crippen molar-refractivity contribution in [2.75, 3.05) is 30.9 Å². The van der Waals surface area contributed by atoms with Gasteiger partial charge in [0, 0.05) is 14.1 Å². The van der Waals surface area contributed by atoms with Crippen LogP contribution >= 0.6 is 0 Å². The Morgan fingerprint density at radius 1 is 1.17 bits per heavy atom. The number of para-hydroxylation sites is 1. The van der Waals surface area contributed by atoms with Gasteiger partial charge in [-0.15, -0.1) is 0 Å². The number of amides is 1. The van der Waals surface area contributed by atoms with Gasteiger partial charge in [0.05, 0.1) is 11.9 Å². The maximum absolute atomic E-state index is 12.1. The summed E-state index contributed by atoms with van der Waals surface area (Å²) in [6.45, 7) is 6.32. The number of carbonyl (C=O) groups is 1. The lowest BCUT2D eigenvalue weighted by atomic mass is 9.86. The molecule has 5 nitrogen and oxygen atoms in total. The zero-order chi connectivity index (χ0) is 17.7. The van der Waals surface area contributed by atoms with E-state index in [0.717, 1.165) is 17.1 Å². The second kappa shape index (κ2) is 7.34. The molecule has 0 aliphatic heterocycles. The zero-order valence-corrected chi connectivity index (χ0v) is 15.0. The lowest BCUT2D eigenvalue weighted by Gasteiger charge is -2.22. The Balaban J connectivity index is 1.97. The van der Waals surface area contributed by atoms with Crippen LogP contribution in [-0.4, -0.2) is 31.6 Å². The predicted octanol–water partition coefficient (Wildman–Crippen LogP) is 3.46. The number of ether oxygens (including phenoxy) is 1. The summed E-state index contributed by atoms with van der Waals surface area (Å²) in [6, 6.07) is 11.5. The summed E-state index contributed by atoms with van der Waals surface area (Å²) in [4.78, 5) is 18.3. The number of rotatable bonds is 5. The lowest BCUT2D eigenvalue weighted by Crippen LogP contribution is -2.22. The molecule has 0 fully saturated rings. The largest absolute Gasteiger partial charge is 0.483 e. The quantitative estimate of drug-likeness (QED) is 0.914. The topological polar surface area (TPSA) is 54.5 Å². The molecule has 5 heteroatoms. The van der Waals surface area contributed by atoms with E-state index >= 15 is 0 Å². The molecular weight excluding hydrogens is 302 g/mol. The van der Waals surface area contributed by atoms with Crippen molar-refractivity contribution in [3.8, 4) is 5.75 Å². The second-order valence-electron chi connectivity index (χ2n) is 6.88. The fraction of sp³-hybridized carbons (Fsp3) is 0.368. The van der Waals surface area contributed by atoms with Crippen molar-refractivity contribution in [2.45, 2.75) is 26.2 Å². The highest BCUT2D eigenvalue weighted by molar-refractivity contribution is 5.91. The Kier molecular flexibility index (Phi) is 5.44. The molecule has 2 aromatic rings. The Hall–Kier alpha value is -2.56. The Morgan fingerprint density at radius 3 is 2.46 bits per heavy atom. The van der Waals surface area contributed by atoms with E-state index in [9.17, 15) is 4.79 Å². The Morgan fingerprint density at radius 2 is 1.88 bits per heavy atom. The number of anilines is 2. The van der Waals surface area contributed by atoms with Gasteiger partial charge in [-0.2, -0.15) is 0 Å². The molecule has 0 aliphatic carbocycles. The van der Waals surface area contributed by atoms with Gasteiger partial charge in [-0.3, -0.25) is 4.79 Å². The molecule has 2 rings (SSSR count). The van der Waals surface area contributed by atoms with E-state index in [1.165, 1.54) is 0 Å². The van der Waals surface area contributed by atoms with Gasteiger partial charge in [-0.1, -0.05) is 39.0 Å². The molecule has 0 saturated heterocycles. The maximum atomic E-state index is 12.1. The smallest absolute Gasteiger partial charge is 0.262 e. The van der Waals surface area contributed by atoms with Crippen LogP contribution in [0.15, 0.2) is 42.6 Å². The van der Waals surface area contributed by atoms with Gasteiger partial charge in [0.2, 0.25) is 0 Å². The van der Waals surface area contributed by atoms with Gasteiger partial charge in [-0.05, 0) is 29.2 Å². The molecule has 0 aliphatic rings. The minimum absolute atomic E-state index is 0.0392. The van der Waals surface area contributed by atoms with Gasteiger partial charge in [-0.25, -0.2) is 4.98 Å². The van der Waals surface area contributed by atoms with Crippen LogP contribution in [0.5, 0.6) is 5.75 Å². The van der Waals surface area contributed by atoms with E-state index in [1.54, 1.807) is 6.20 Å². The predicted molar refractivity (Wildman–Crippen MR) is 97.8 cm³/mol. The fourth-order valence-electron chi connectivity index (χ4n) is 2.28. The van der Waals surface area contributed by atoms with E-state index in [4.69, 9.17) is 4.74 Å². The standard InChI is InChI=1S/C19H25N3O2/c1-19(2,3)15-8-6-7-9-16(15)24-13-18(23)21-14-10-11-17(20-12-14)22(4)5/h6-12H,13H2,1-5H3,(H,21,23). The van der Waals surface area contributed by atoms with Crippen molar-refractivity contribution in [2.24, 2.45) is 0 Å². The highest BCUT2D eigenvalue weighted by Crippen LogP contribution is 2.30. The monoisotopic (exact) mass is 327 g/mol. The Labute approximate surface area is 143 Å². The molecule has 1 heterocycles. The van der Waals surface area contributed by atoms with Gasteiger partial charge < -0.3 is 15.0 Å². The maximum Gasteiger partial charge on any atom is 0.262 e. The van der Waals surface area contributed by atoms with Gasteiger partial charge in [0.15, 0.2) is 6.61 Å². The van der Waals surface area contributed by atoms with Crippen molar-refractivity contribution in [3.63, 3.8) is 0 Å². The summed E-state index contributed by atoms with van der Waals surface area (Å²) in [5, 5.41) is 2.79. The number of nitrogens with one attached hydrogen (secondary N) is 1. The number of pyridine rings is 1. The van der Waals surface area contributed by atoms with E-state index in [2.05, 4.69) is 31.1 Å². The van der Waals surface area contributed by atoms with Gasteiger partial charge in [0.1, 0.15) is 11.6 Å². The third kappa shape index (κ3) is 4.72. The van der Waals surface area contributed by atoms with Crippen molar-refractivity contribution >= 4 is 17.4 Å². The lowest BCUT2D eigenvalue weighted by molar-refractivity contribution is -0.118. The number of hydrogen-bond donors (Lipinski definition) is 1. The van der Waals surface area contributed by atoms with Gasteiger partial charge >= 0.3 is 0 Å². The van der Waals surface area contributed by atoms with Crippen LogP contribution in [0.4, 0.5) is 11.5 Å². The summed E-state index contributed by atoms with van der Waals surface area (Å²) in [5.41, 5.74) is 1.69. The molecule has 0 bridgehead atoms. The first kappa shape index (κ1) is 17.8. The average molecular weight is 327 g/mol. The number of nitrogens with zero attached hydrogens (tertiary/aromatic N) is 2. The summed E-state index contributed by atoms with van der Waals surface area (Å²) in [5.74, 6) is 1.36. The molecule has 1 aromatic heterocycles. The molecule has 24 heavy (non-hydrogen) atoms. The first-order chi connectivity index (χ1) is 11.3. The molecule has 128 valence electrons. The number of benzene rings is 1. The summed E-state index contributed by atoms with van der Waals surface area (Å²) < 4.78 is 5.72. The number of carbonyl (C=O) groups excluding carboxylic acids is 1. The molecule has 0 saturated carbocycles. The van der Waals surface area contributed by atoms with Crippen LogP contribution in [0.25, 0.3) is 0 Å². The van der Waals surface area contributed by atoms with Crippen molar-refractivity contribution in [1.29, 1.82) is 0 Å².